The number of aromatic amines is 1. The largest absolute Gasteiger partial charge is 0.441 e. The number of H-pyrrole nitrogens is 1. The van der Waals surface area contributed by atoms with Gasteiger partial charge in [-0.05, 0) is 41.9 Å². The number of aryl methyl sites for hydroxylation is 1. The Kier molecular flexibility index (Phi) is 3.94. The average molecular weight is 371 g/mol. The number of benzene rings is 1. The number of fused-ring (bicyclic) bond motifs is 1. The van der Waals surface area contributed by atoms with Gasteiger partial charge < -0.3 is 9.73 Å². The SMILES string of the molecule is Cc1nc2cc(NC(=O)Cn3c(-c4cccs4)n[nH]c3=S)ccc2o1. The number of oxazole rings is 1. The zero-order chi connectivity index (χ0) is 17.4. The summed E-state index contributed by atoms with van der Waals surface area (Å²) in [5.74, 6) is 1.04. The zero-order valence-electron chi connectivity index (χ0n) is 13.1. The molecule has 1 amide bonds. The summed E-state index contributed by atoms with van der Waals surface area (Å²) in [6.07, 6.45) is 0. The highest BCUT2D eigenvalue weighted by Gasteiger charge is 2.13. The van der Waals surface area contributed by atoms with E-state index < -0.39 is 0 Å². The van der Waals surface area contributed by atoms with E-state index in [0.717, 1.165) is 4.88 Å². The Bertz CT molecular complexity index is 1110. The van der Waals surface area contributed by atoms with E-state index >= 15 is 0 Å². The summed E-state index contributed by atoms with van der Waals surface area (Å²) < 4.78 is 7.51. The van der Waals surface area contributed by atoms with Crippen LogP contribution in [0.25, 0.3) is 21.8 Å². The predicted octanol–water partition coefficient (Wildman–Crippen LogP) is 3.76. The number of amides is 1. The quantitative estimate of drug-likeness (QED) is 0.533. The number of carbonyl (C=O) groups excluding carboxylic acids is 1. The van der Waals surface area contributed by atoms with Crippen LogP contribution in [-0.2, 0) is 11.3 Å². The van der Waals surface area contributed by atoms with Crippen molar-refractivity contribution in [2.45, 2.75) is 13.5 Å². The first-order valence-corrected chi connectivity index (χ1v) is 8.75. The zero-order valence-corrected chi connectivity index (χ0v) is 14.8. The van der Waals surface area contributed by atoms with Gasteiger partial charge in [-0.2, -0.15) is 5.10 Å². The lowest BCUT2D eigenvalue weighted by atomic mass is 10.3. The summed E-state index contributed by atoms with van der Waals surface area (Å²) >= 11 is 6.78. The van der Waals surface area contributed by atoms with Gasteiger partial charge in [0.1, 0.15) is 12.1 Å². The number of carbonyl (C=O) groups is 1. The lowest BCUT2D eigenvalue weighted by Gasteiger charge is -2.07. The van der Waals surface area contributed by atoms with Crippen molar-refractivity contribution >= 4 is 46.2 Å². The Hall–Kier alpha value is -2.78. The maximum absolute atomic E-state index is 12.4. The van der Waals surface area contributed by atoms with E-state index in [1.807, 2.05) is 17.5 Å². The molecular weight excluding hydrogens is 358 g/mol. The van der Waals surface area contributed by atoms with Crippen molar-refractivity contribution in [3.8, 4) is 10.7 Å². The van der Waals surface area contributed by atoms with Crippen LogP contribution in [0.5, 0.6) is 0 Å². The summed E-state index contributed by atoms with van der Waals surface area (Å²) in [5, 5.41) is 11.8. The van der Waals surface area contributed by atoms with E-state index in [4.69, 9.17) is 16.6 Å². The molecule has 1 aromatic carbocycles. The molecule has 0 atom stereocenters. The van der Waals surface area contributed by atoms with Crippen LogP contribution < -0.4 is 5.32 Å². The maximum Gasteiger partial charge on any atom is 0.244 e. The molecule has 0 radical (unpaired) electrons. The molecule has 2 N–H and O–H groups in total. The summed E-state index contributed by atoms with van der Waals surface area (Å²) in [7, 11) is 0. The fraction of sp³-hybridized carbons (Fsp3) is 0.125. The third kappa shape index (κ3) is 3.11. The molecule has 0 fully saturated rings. The Morgan fingerprint density at radius 3 is 3.12 bits per heavy atom. The molecule has 3 heterocycles. The molecule has 4 rings (SSSR count). The highest BCUT2D eigenvalue weighted by Crippen LogP contribution is 2.23. The van der Waals surface area contributed by atoms with Crippen LogP contribution in [0, 0.1) is 11.7 Å². The lowest BCUT2D eigenvalue weighted by Crippen LogP contribution is -2.19. The van der Waals surface area contributed by atoms with E-state index in [9.17, 15) is 4.79 Å². The Labute approximate surface area is 151 Å². The van der Waals surface area contributed by atoms with Crippen molar-refractivity contribution in [1.82, 2.24) is 19.7 Å². The van der Waals surface area contributed by atoms with E-state index in [1.165, 1.54) is 11.3 Å². The van der Waals surface area contributed by atoms with E-state index in [0.29, 0.717) is 33.3 Å². The van der Waals surface area contributed by atoms with Crippen LogP contribution in [-0.4, -0.2) is 25.7 Å². The van der Waals surface area contributed by atoms with Crippen molar-refractivity contribution in [3.05, 3.63) is 46.4 Å². The monoisotopic (exact) mass is 371 g/mol. The average Bonchev–Trinajstić information content (AvgIpc) is 3.28. The first-order valence-electron chi connectivity index (χ1n) is 7.46. The standard InChI is InChI=1S/C16H13N5O2S2/c1-9-17-11-7-10(4-5-12(11)23-9)18-14(22)8-21-15(19-20-16(21)24)13-3-2-6-25-13/h2-7H,8H2,1H3,(H,18,22)(H,20,24). The smallest absolute Gasteiger partial charge is 0.244 e. The van der Waals surface area contributed by atoms with Gasteiger partial charge in [-0.25, -0.2) is 4.98 Å². The summed E-state index contributed by atoms with van der Waals surface area (Å²) in [5.41, 5.74) is 2.04. The molecule has 9 heteroatoms. The minimum Gasteiger partial charge on any atom is -0.441 e. The first-order chi connectivity index (χ1) is 12.1. The van der Waals surface area contributed by atoms with Crippen LogP contribution in [0.15, 0.2) is 40.1 Å². The predicted molar refractivity (Wildman–Crippen MR) is 98.1 cm³/mol. The number of aromatic nitrogens is 4. The number of nitrogens with one attached hydrogen (secondary N) is 2. The minimum absolute atomic E-state index is 0.0679. The fourth-order valence-corrected chi connectivity index (χ4v) is 3.44. The van der Waals surface area contributed by atoms with Crippen molar-refractivity contribution < 1.29 is 9.21 Å². The topological polar surface area (TPSA) is 88.7 Å². The van der Waals surface area contributed by atoms with Gasteiger partial charge in [0.25, 0.3) is 0 Å². The summed E-state index contributed by atoms with van der Waals surface area (Å²) in [6.45, 7) is 1.85. The molecular formula is C16H13N5O2S2. The normalized spacial score (nSPS) is 11.1. The number of nitrogens with zero attached hydrogens (tertiary/aromatic N) is 3. The molecule has 0 spiro atoms. The van der Waals surface area contributed by atoms with Gasteiger partial charge in [-0.15, -0.1) is 11.3 Å². The second-order valence-electron chi connectivity index (χ2n) is 5.38. The summed E-state index contributed by atoms with van der Waals surface area (Å²) in [6, 6.07) is 9.20. The van der Waals surface area contributed by atoms with Gasteiger partial charge in [0, 0.05) is 12.6 Å². The molecule has 0 saturated heterocycles. The third-order valence-corrected chi connectivity index (χ3v) is 4.76. The van der Waals surface area contributed by atoms with Crippen molar-refractivity contribution in [3.63, 3.8) is 0 Å². The highest BCUT2D eigenvalue weighted by molar-refractivity contribution is 7.71. The molecule has 0 aliphatic carbocycles. The van der Waals surface area contributed by atoms with Crippen LogP contribution in [0.2, 0.25) is 0 Å². The van der Waals surface area contributed by atoms with Gasteiger partial charge in [0.05, 0.1) is 4.88 Å². The second kappa shape index (κ2) is 6.26. The number of thiophene rings is 1. The molecule has 4 aromatic rings. The highest BCUT2D eigenvalue weighted by atomic mass is 32.1. The number of hydrogen-bond donors (Lipinski definition) is 2. The fourth-order valence-electron chi connectivity index (χ4n) is 2.52. The van der Waals surface area contributed by atoms with Crippen molar-refractivity contribution in [2.75, 3.05) is 5.32 Å². The summed E-state index contributed by atoms with van der Waals surface area (Å²) in [4.78, 5) is 17.6. The van der Waals surface area contributed by atoms with Crippen molar-refractivity contribution in [1.29, 1.82) is 0 Å². The third-order valence-electron chi connectivity index (χ3n) is 3.58. The van der Waals surface area contributed by atoms with Crippen LogP contribution in [0.3, 0.4) is 0 Å². The van der Waals surface area contributed by atoms with Gasteiger partial charge in [0.15, 0.2) is 22.1 Å². The number of hydrogen-bond acceptors (Lipinski definition) is 6. The molecule has 3 aromatic heterocycles. The van der Waals surface area contributed by atoms with E-state index in [2.05, 4.69) is 20.5 Å². The van der Waals surface area contributed by atoms with Crippen molar-refractivity contribution in [2.24, 2.45) is 0 Å². The lowest BCUT2D eigenvalue weighted by molar-refractivity contribution is -0.116. The Morgan fingerprint density at radius 2 is 2.32 bits per heavy atom. The Morgan fingerprint density at radius 1 is 1.44 bits per heavy atom. The maximum atomic E-state index is 12.4. The molecule has 7 nitrogen and oxygen atoms in total. The second-order valence-corrected chi connectivity index (χ2v) is 6.71. The molecule has 0 bridgehead atoms. The molecule has 126 valence electrons. The van der Waals surface area contributed by atoms with Gasteiger partial charge in [0.2, 0.25) is 5.91 Å². The first kappa shape index (κ1) is 15.7. The minimum atomic E-state index is -0.199. The van der Waals surface area contributed by atoms with Crippen LogP contribution in [0.1, 0.15) is 5.89 Å². The van der Waals surface area contributed by atoms with E-state index in [1.54, 1.807) is 29.7 Å². The molecule has 0 unspecified atom stereocenters. The van der Waals surface area contributed by atoms with Crippen LogP contribution >= 0.6 is 23.6 Å². The molecule has 0 saturated carbocycles. The van der Waals surface area contributed by atoms with Gasteiger partial charge >= 0.3 is 0 Å². The Balaban J connectivity index is 1.56. The van der Waals surface area contributed by atoms with E-state index in [-0.39, 0.29) is 12.5 Å². The molecule has 25 heavy (non-hydrogen) atoms. The molecule has 0 aliphatic rings. The molecule has 0 aliphatic heterocycles. The number of rotatable bonds is 4. The number of anilines is 1. The van der Waals surface area contributed by atoms with Crippen LogP contribution in [0.4, 0.5) is 5.69 Å². The van der Waals surface area contributed by atoms with Gasteiger partial charge in [-0.1, -0.05) is 6.07 Å². The van der Waals surface area contributed by atoms with Gasteiger partial charge in [-0.3, -0.25) is 14.5 Å².